The molecule has 2 heterocycles. The molecule has 132 valence electrons. The Balaban J connectivity index is 1.92. The summed E-state index contributed by atoms with van der Waals surface area (Å²) in [6.07, 6.45) is -1.43. The number of rotatable bonds is 3. The fourth-order valence-corrected chi connectivity index (χ4v) is 2.92. The summed E-state index contributed by atoms with van der Waals surface area (Å²) in [6, 6.07) is 11.4. The van der Waals surface area contributed by atoms with Crippen LogP contribution >= 0.6 is 0 Å². The molecule has 0 bridgehead atoms. The number of anilines is 2. The first-order valence-corrected chi connectivity index (χ1v) is 7.71. The summed E-state index contributed by atoms with van der Waals surface area (Å²) in [5.41, 5.74) is 1.00. The van der Waals surface area contributed by atoms with Gasteiger partial charge < -0.3 is 10.1 Å². The van der Waals surface area contributed by atoms with E-state index in [0.717, 1.165) is 5.52 Å². The first-order valence-electron chi connectivity index (χ1n) is 7.71. The van der Waals surface area contributed by atoms with Crippen LogP contribution in [-0.4, -0.2) is 21.5 Å². The van der Waals surface area contributed by atoms with E-state index in [0.29, 0.717) is 11.0 Å². The predicted molar refractivity (Wildman–Crippen MR) is 91.8 cm³/mol. The van der Waals surface area contributed by atoms with Gasteiger partial charge in [-0.1, -0.05) is 18.2 Å². The van der Waals surface area contributed by atoms with E-state index in [4.69, 9.17) is 4.74 Å². The minimum Gasteiger partial charge on any atom is -0.496 e. The molecule has 0 aliphatic heterocycles. The fraction of sp³-hybridized carbons (Fsp3) is 0.111. The Morgan fingerprint density at radius 1 is 1.04 bits per heavy atom. The highest BCUT2D eigenvalue weighted by Gasteiger charge is 2.37. The molecule has 26 heavy (non-hydrogen) atoms. The van der Waals surface area contributed by atoms with Crippen molar-refractivity contribution in [3.63, 3.8) is 0 Å². The van der Waals surface area contributed by atoms with Crippen LogP contribution in [0.4, 0.5) is 24.7 Å². The maximum absolute atomic E-state index is 13.5. The number of imidazole rings is 1. The molecule has 0 aliphatic carbocycles. The summed E-state index contributed by atoms with van der Waals surface area (Å²) in [5.74, 6) is 0.0211. The monoisotopic (exact) mass is 358 g/mol. The number of aromatic nitrogens is 3. The van der Waals surface area contributed by atoms with E-state index in [1.807, 2.05) is 18.2 Å². The highest BCUT2D eigenvalue weighted by Crippen LogP contribution is 2.42. The third kappa shape index (κ3) is 2.59. The zero-order valence-electron chi connectivity index (χ0n) is 13.6. The number of benzene rings is 2. The van der Waals surface area contributed by atoms with Crippen LogP contribution in [-0.2, 0) is 6.18 Å². The maximum Gasteiger partial charge on any atom is 0.421 e. The van der Waals surface area contributed by atoms with E-state index in [2.05, 4.69) is 15.3 Å². The Kier molecular flexibility index (Phi) is 3.68. The zero-order chi connectivity index (χ0) is 18.3. The smallest absolute Gasteiger partial charge is 0.421 e. The molecule has 0 unspecified atom stereocenters. The summed E-state index contributed by atoms with van der Waals surface area (Å²) in [4.78, 5) is 8.56. The summed E-state index contributed by atoms with van der Waals surface area (Å²) < 4.78 is 47.3. The molecule has 0 aliphatic rings. The molecule has 0 atom stereocenters. The molecule has 8 heteroatoms. The Bertz CT molecular complexity index is 1100. The number of methoxy groups -OCH3 is 1. The molecular weight excluding hydrogens is 345 g/mol. The molecule has 4 aromatic rings. The van der Waals surface area contributed by atoms with Gasteiger partial charge in [-0.05, 0) is 24.3 Å². The molecule has 2 aromatic heterocycles. The van der Waals surface area contributed by atoms with E-state index < -0.39 is 11.7 Å². The van der Waals surface area contributed by atoms with E-state index in [9.17, 15) is 13.2 Å². The van der Waals surface area contributed by atoms with Crippen molar-refractivity contribution in [1.82, 2.24) is 14.4 Å². The lowest BCUT2D eigenvalue weighted by atomic mass is 10.1. The van der Waals surface area contributed by atoms with Gasteiger partial charge in [-0.15, -0.1) is 0 Å². The van der Waals surface area contributed by atoms with Gasteiger partial charge in [0.2, 0.25) is 0 Å². The lowest BCUT2D eigenvalue weighted by Gasteiger charge is -2.18. The Morgan fingerprint density at radius 2 is 1.85 bits per heavy atom. The second-order valence-electron chi connectivity index (χ2n) is 5.60. The molecule has 0 amide bonds. The molecule has 0 saturated carbocycles. The number of para-hydroxylation sites is 2. The van der Waals surface area contributed by atoms with Crippen LogP contribution in [0.3, 0.4) is 0 Å². The predicted octanol–water partition coefficient (Wildman–Crippen LogP) is 4.65. The molecule has 1 N–H and O–H groups in total. The van der Waals surface area contributed by atoms with Crippen molar-refractivity contribution >= 4 is 28.1 Å². The van der Waals surface area contributed by atoms with Crippen LogP contribution in [0.15, 0.2) is 55.0 Å². The van der Waals surface area contributed by atoms with Gasteiger partial charge in [0.15, 0.2) is 5.82 Å². The Hall–Kier alpha value is -3.29. The number of nitrogens with zero attached hydrogens (tertiary/aromatic N) is 3. The summed E-state index contributed by atoms with van der Waals surface area (Å²) >= 11 is 0. The highest BCUT2D eigenvalue weighted by atomic mass is 19.4. The standard InChI is InChI=1S/C18H13F3N4O/c1-26-15-8-4-6-12(16(15)18(19,20)21)24-17-14-9-22-10-25(14)13-7-3-2-5-11(13)23-17/h2-10H,1H3,(H,23,24). The second kappa shape index (κ2) is 5.91. The number of ether oxygens (including phenoxy) is 1. The SMILES string of the molecule is COc1cccc(Nc2nc3ccccc3n3cncc23)c1C(F)(F)F. The summed E-state index contributed by atoms with van der Waals surface area (Å²) in [6.45, 7) is 0. The van der Waals surface area contributed by atoms with Gasteiger partial charge in [0.05, 0.1) is 36.4 Å². The van der Waals surface area contributed by atoms with Gasteiger partial charge >= 0.3 is 6.18 Å². The Morgan fingerprint density at radius 3 is 2.62 bits per heavy atom. The highest BCUT2D eigenvalue weighted by molar-refractivity contribution is 5.86. The van der Waals surface area contributed by atoms with Crippen LogP contribution in [0.25, 0.3) is 16.6 Å². The molecule has 0 spiro atoms. The van der Waals surface area contributed by atoms with E-state index >= 15 is 0 Å². The third-order valence-electron chi connectivity index (χ3n) is 4.04. The number of hydrogen-bond acceptors (Lipinski definition) is 4. The van der Waals surface area contributed by atoms with Crippen molar-refractivity contribution < 1.29 is 17.9 Å². The van der Waals surface area contributed by atoms with Gasteiger partial charge in [0.25, 0.3) is 0 Å². The summed E-state index contributed by atoms with van der Waals surface area (Å²) in [5, 5.41) is 2.80. The van der Waals surface area contributed by atoms with E-state index in [1.54, 1.807) is 23.0 Å². The van der Waals surface area contributed by atoms with Gasteiger partial charge in [-0.25, -0.2) is 9.97 Å². The van der Waals surface area contributed by atoms with Crippen LogP contribution < -0.4 is 10.1 Å². The second-order valence-corrected chi connectivity index (χ2v) is 5.60. The lowest BCUT2D eigenvalue weighted by molar-refractivity contribution is -0.138. The molecule has 0 saturated heterocycles. The molecule has 0 fully saturated rings. The minimum absolute atomic E-state index is 0.136. The molecule has 5 nitrogen and oxygen atoms in total. The fourth-order valence-electron chi connectivity index (χ4n) is 2.92. The van der Waals surface area contributed by atoms with E-state index in [-0.39, 0.29) is 17.3 Å². The number of alkyl halides is 3. The van der Waals surface area contributed by atoms with Crippen molar-refractivity contribution in [1.29, 1.82) is 0 Å². The van der Waals surface area contributed by atoms with Crippen molar-refractivity contribution in [2.75, 3.05) is 12.4 Å². The number of fused-ring (bicyclic) bond motifs is 3. The molecule has 4 rings (SSSR count). The molecule has 0 radical (unpaired) electrons. The zero-order valence-corrected chi connectivity index (χ0v) is 13.6. The number of hydrogen-bond donors (Lipinski definition) is 1. The van der Waals surface area contributed by atoms with Crippen molar-refractivity contribution in [2.24, 2.45) is 0 Å². The normalized spacial score (nSPS) is 11.8. The van der Waals surface area contributed by atoms with Gasteiger partial charge in [-0.2, -0.15) is 13.2 Å². The number of nitrogens with one attached hydrogen (secondary N) is 1. The topological polar surface area (TPSA) is 51.5 Å². The van der Waals surface area contributed by atoms with Crippen LogP contribution in [0.1, 0.15) is 5.56 Å². The molecule has 2 aromatic carbocycles. The quantitative estimate of drug-likeness (QED) is 0.579. The third-order valence-corrected chi connectivity index (χ3v) is 4.04. The minimum atomic E-state index is -4.58. The van der Waals surface area contributed by atoms with Crippen molar-refractivity contribution in [3.05, 3.63) is 60.6 Å². The summed E-state index contributed by atoms with van der Waals surface area (Å²) in [7, 11) is 1.21. The molecular formula is C18H13F3N4O. The van der Waals surface area contributed by atoms with Crippen LogP contribution in [0.5, 0.6) is 5.75 Å². The van der Waals surface area contributed by atoms with Crippen molar-refractivity contribution in [2.45, 2.75) is 6.18 Å². The number of halogens is 3. The first-order chi connectivity index (χ1) is 12.5. The lowest BCUT2D eigenvalue weighted by Crippen LogP contribution is -2.11. The van der Waals surface area contributed by atoms with E-state index in [1.165, 1.54) is 25.3 Å². The largest absolute Gasteiger partial charge is 0.496 e. The maximum atomic E-state index is 13.5. The first kappa shape index (κ1) is 16.2. The average molecular weight is 358 g/mol. The van der Waals surface area contributed by atoms with Crippen molar-refractivity contribution in [3.8, 4) is 5.75 Å². The Labute approximate surface area is 146 Å². The van der Waals surface area contributed by atoms with Gasteiger partial charge in [0.1, 0.15) is 16.8 Å². The van der Waals surface area contributed by atoms with Gasteiger partial charge in [0, 0.05) is 0 Å². The van der Waals surface area contributed by atoms with Gasteiger partial charge in [-0.3, -0.25) is 4.40 Å². The average Bonchev–Trinajstić information content (AvgIpc) is 3.11. The van der Waals surface area contributed by atoms with Crippen LogP contribution in [0.2, 0.25) is 0 Å². The van der Waals surface area contributed by atoms with Crippen LogP contribution in [0, 0.1) is 0 Å².